The fraction of sp³-hybridized carbons (Fsp3) is 0.667. The molecule has 1 unspecified atom stereocenters. The lowest BCUT2D eigenvalue weighted by molar-refractivity contribution is 0.302. The second-order valence-electron chi connectivity index (χ2n) is 5.62. The monoisotopic (exact) mass is 295 g/mol. The summed E-state index contributed by atoms with van der Waals surface area (Å²) in [5.74, 6) is 0.448. The Kier molecular flexibility index (Phi) is 9.07. The fourth-order valence-corrected chi connectivity index (χ4v) is 2.32. The minimum absolute atomic E-state index is 0.0352. The topological polar surface area (TPSA) is 21.3 Å². The van der Waals surface area contributed by atoms with Crippen molar-refractivity contribution in [2.24, 2.45) is 0 Å². The van der Waals surface area contributed by atoms with Gasteiger partial charge >= 0.3 is 0 Å². The Balaban J connectivity index is 2.39. The Morgan fingerprint density at radius 3 is 2.52 bits per heavy atom. The van der Waals surface area contributed by atoms with E-state index in [1.807, 2.05) is 19.1 Å². The highest BCUT2D eigenvalue weighted by Gasteiger charge is 2.11. The average molecular weight is 295 g/mol. The normalized spacial score (nSPS) is 12.4. The van der Waals surface area contributed by atoms with Gasteiger partial charge in [-0.1, -0.05) is 45.6 Å². The van der Waals surface area contributed by atoms with Crippen molar-refractivity contribution < 1.29 is 9.13 Å². The molecule has 0 aliphatic rings. The molecule has 0 saturated carbocycles. The summed E-state index contributed by atoms with van der Waals surface area (Å²) in [7, 11) is 0. The Morgan fingerprint density at radius 1 is 1.10 bits per heavy atom. The highest BCUT2D eigenvalue weighted by atomic mass is 19.1. The van der Waals surface area contributed by atoms with E-state index in [4.69, 9.17) is 4.74 Å². The summed E-state index contributed by atoms with van der Waals surface area (Å²) in [6.07, 6.45) is 7.06. The van der Waals surface area contributed by atoms with Crippen molar-refractivity contribution in [1.82, 2.24) is 5.32 Å². The van der Waals surface area contributed by atoms with Crippen LogP contribution >= 0.6 is 0 Å². The molecule has 0 amide bonds. The van der Waals surface area contributed by atoms with Crippen LogP contribution in [0.15, 0.2) is 18.2 Å². The molecule has 0 saturated heterocycles. The standard InChI is InChI=1S/C18H30FNO/c1-4-6-7-8-9-13-21-16-10-11-17(18(19)14-16)15(3)20-12-5-2/h10-11,14-15,20H,4-9,12-13H2,1-3H3. The number of rotatable bonds is 11. The highest BCUT2D eigenvalue weighted by Crippen LogP contribution is 2.22. The first-order valence-corrected chi connectivity index (χ1v) is 8.34. The number of benzene rings is 1. The van der Waals surface area contributed by atoms with E-state index in [1.165, 1.54) is 31.7 Å². The highest BCUT2D eigenvalue weighted by molar-refractivity contribution is 5.30. The molecule has 3 heteroatoms. The van der Waals surface area contributed by atoms with Gasteiger partial charge in [0, 0.05) is 17.7 Å². The minimum atomic E-state index is -0.186. The van der Waals surface area contributed by atoms with Crippen molar-refractivity contribution in [3.05, 3.63) is 29.6 Å². The van der Waals surface area contributed by atoms with Crippen LogP contribution in [0, 0.1) is 5.82 Å². The third-order valence-corrected chi connectivity index (χ3v) is 3.66. The van der Waals surface area contributed by atoms with E-state index >= 15 is 0 Å². The van der Waals surface area contributed by atoms with E-state index in [0.717, 1.165) is 19.4 Å². The maximum atomic E-state index is 14.1. The number of nitrogens with one attached hydrogen (secondary N) is 1. The van der Waals surface area contributed by atoms with Crippen molar-refractivity contribution in [1.29, 1.82) is 0 Å². The van der Waals surface area contributed by atoms with Crippen molar-refractivity contribution >= 4 is 0 Å². The molecular formula is C18H30FNO. The van der Waals surface area contributed by atoms with E-state index < -0.39 is 0 Å². The van der Waals surface area contributed by atoms with Gasteiger partial charge in [0.05, 0.1) is 6.61 Å². The van der Waals surface area contributed by atoms with Gasteiger partial charge in [-0.25, -0.2) is 4.39 Å². The quantitative estimate of drug-likeness (QED) is 0.564. The Hall–Kier alpha value is -1.09. The smallest absolute Gasteiger partial charge is 0.131 e. The van der Waals surface area contributed by atoms with Crippen LogP contribution < -0.4 is 10.1 Å². The predicted molar refractivity (Wildman–Crippen MR) is 87.4 cm³/mol. The maximum absolute atomic E-state index is 14.1. The molecule has 1 N–H and O–H groups in total. The Bertz CT molecular complexity index is 395. The summed E-state index contributed by atoms with van der Waals surface area (Å²) >= 11 is 0. The van der Waals surface area contributed by atoms with Gasteiger partial charge < -0.3 is 10.1 Å². The number of ether oxygens (including phenoxy) is 1. The number of halogens is 1. The fourth-order valence-electron chi connectivity index (χ4n) is 2.32. The first kappa shape index (κ1) is 18.0. The van der Waals surface area contributed by atoms with Crippen LogP contribution in [0.4, 0.5) is 4.39 Å². The van der Waals surface area contributed by atoms with Gasteiger partial charge in [0.25, 0.3) is 0 Å². The van der Waals surface area contributed by atoms with Gasteiger partial charge in [-0.05, 0) is 32.4 Å². The SMILES string of the molecule is CCCCCCCOc1ccc(C(C)NCCC)c(F)c1. The van der Waals surface area contributed by atoms with Crippen molar-refractivity contribution in [3.63, 3.8) is 0 Å². The van der Waals surface area contributed by atoms with E-state index in [-0.39, 0.29) is 11.9 Å². The molecular weight excluding hydrogens is 265 g/mol. The van der Waals surface area contributed by atoms with Gasteiger partial charge in [0.1, 0.15) is 11.6 Å². The molecule has 120 valence electrons. The van der Waals surface area contributed by atoms with Gasteiger partial charge in [0.2, 0.25) is 0 Å². The maximum Gasteiger partial charge on any atom is 0.131 e. The summed E-state index contributed by atoms with van der Waals surface area (Å²) in [4.78, 5) is 0. The molecule has 1 aromatic carbocycles. The van der Waals surface area contributed by atoms with Crippen molar-refractivity contribution in [3.8, 4) is 5.75 Å². The zero-order valence-corrected chi connectivity index (χ0v) is 13.8. The summed E-state index contributed by atoms with van der Waals surface area (Å²) in [5, 5.41) is 3.30. The third-order valence-electron chi connectivity index (χ3n) is 3.66. The average Bonchev–Trinajstić information content (AvgIpc) is 2.48. The minimum Gasteiger partial charge on any atom is -0.493 e. The van der Waals surface area contributed by atoms with Crippen LogP contribution in [0.25, 0.3) is 0 Å². The first-order chi connectivity index (χ1) is 10.2. The molecule has 0 aromatic heterocycles. The van der Waals surface area contributed by atoms with E-state index in [1.54, 1.807) is 0 Å². The van der Waals surface area contributed by atoms with E-state index in [2.05, 4.69) is 19.2 Å². The Morgan fingerprint density at radius 2 is 1.86 bits per heavy atom. The van der Waals surface area contributed by atoms with E-state index in [9.17, 15) is 4.39 Å². The van der Waals surface area contributed by atoms with Crippen LogP contribution in [-0.2, 0) is 0 Å². The lowest BCUT2D eigenvalue weighted by Gasteiger charge is -2.15. The zero-order chi connectivity index (χ0) is 15.5. The number of hydrogen-bond acceptors (Lipinski definition) is 2. The van der Waals surface area contributed by atoms with Crippen LogP contribution in [-0.4, -0.2) is 13.2 Å². The molecule has 1 atom stereocenters. The molecule has 0 bridgehead atoms. The lowest BCUT2D eigenvalue weighted by atomic mass is 10.1. The molecule has 0 radical (unpaired) electrons. The largest absolute Gasteiger partial charge is 0.493 e. The van der Waals surface area contributed by atoms with Gasteiger partial charge in [-0.2, -0.15) is 0 Å². The van der Waals surface area contributed by atoms with E-state index in [0.29, 0.717) is 17.9 Å². The van der Waals surface area contributed by atoms with Gasteiger partial charge in [0.15, 0.2) is 0 Å². The Labute approximate surface area is 129 Å². The molecule has 1 rings (SSSR count). The molecule has 0 spiro atoms. The van der Waals surface area contributed by atoms with Crippen LogP contribution in [0.5, 0.6) is 5.75 Å². The molecule has 21 heavy (non-hydrogen) atoms. The van der Waals surface area contributed by atoms with Crippen molar-refractivity contribution in [2.75, 3.05) is 13.2 Å². The van der Waals surface area contributed by atoms with Crippen LogP contribution in [0.1, 0.15) is 70.9 Å². The predicted octanol–water partition coefficient (Wildman–Crippen LogP) is 5.24. The molecule has 2 nitrogen and oxygen atoms in total. The third kappa shape index (κ3) is 6.94. The van der Waals surface area contributed by atoms with Crippen LogP contribution in [0.3, 0.4) is 0 Å². The van der Waals surface area contributed by atoms with Gasteiger partial charge in [-0.3, -0.25) is 0 Å². The van der Waals surface area contributed by atoms with Gasteiger partial charge in [-0.15, -0.1) is 0 Å². The molecule has 0 aliphatic heterocycles. The molecule has 0 aliphatic carbocycles. The number of hydrogen-bond donors (Lipinski definition) is 1. The lowest BCUT2D eigenvalue weighted by Crippen LogP contribution is -2.20. The second kappa shape index (κ2) is 10.6. The second-order valence-corrected chi connectivity index (χ2v) is 5.62. The summed E-state index contributed by atoms with van der Waals surface area (Å²) in [6, 6.07) is 5.24. The van der Waals surface area contributed by atoms with Crippen molar-refractivity contribution in [2.45, 2.75) is 65.3 Å². The molecule has 1 aromatic rings. The molecule has 0 fully saturated rings. The molecule has 0 heterocycles. The summed E-state index contributed by atoms with van der Waals surface area (Å²) in [5.41, 5.74) is 0.707. The first-order valence-electron chi connectivity index (χ1n) is 8.34. The zero-order valence-electron chi connectivity index (χ0n) is 13.8. The summed E-state index contributed by atoms with van der Waals surface area (Å²) in [6.45, 7) is 7.87. The number of unbranched alkanes of at least 4 members (excludes halogenated alkanes) is 4. The van der Waals surface area contributed by atoms with Crippen LogP contribution in [0.2, 0.25) is 0 Å². The summed E-state index contributed by atoms with van der Waals surface area (Å²) < 4.78 is 19.7.